The second kappa shape index (κ2) is 15.8. The summed E-state index contributed by atoms with van der Waals surface area (Å²) in [5.41, 5.74) is 0. The van der Waals surface area contributed by atoms with Gasteiger partial charge in [0, 0.05) is 0 Å². The van der Waals surface area contributed by atoms with Crippen LogP contribution in [0.4, 0.5) is 0 Å². The van der Waals surface area contributed by atoms with Gasteiger partial charge in [-0.15, -0.1) is 0 Å². The Balaban J connectivity index is 3.88. The van der Waals surface area contributed by atoms with Crippen molar-refractivity contribution in [2.45, 2.75) is 64.6 Å². The van der Waals surface area contributed by atoms with Gasteiger partial charge in [-0.3, -0.25) is 19.2 Å². The molecule has 28 heavy (non-hydrogen) atoms. The Hall–Kier alpha value is -2.20. The van der Waals surface area contributed by atoms with Gasteiger partial charge in [-0.05, 0) is 12.8 Å². The minimum atomic E-state index is -1.06. The summed E-state index contributed by atoms with van der Waals surface area (Å²) in [6.45, 7) is 4.46. The molecule has 0 aromatic heterocycles. The topological polar surface area (TPSA) is 146 Å². The Morgan fingerprint density at radius 1 is 0.679 bits per heavy atom. The van der Waals surface area contributed by atoms with Crippen molar-refractivity contribution < 1.29 is 48.3 Å². The molecule has 162 valence electrons. The van der Waals surface area contributed by atoms with Crippen molar-refractivity contribution in [3.05, 3.63) is 0 Å². The lowest BCUT2D eigenvalue weighted by Gasteiger charge is -2.18. The molecule has 0 aromatic rings. The van der Waals surface area contributed by atoms with Crippen LogP contribution in [0.2, 0.25) is 0 Å². The fourth-order valence-corrected chi connectivity index (χ4v) is 1.93. The summed E-state index contributed by atoms with van der Waals surface area (Å²) < 4.78 is 21.0. The van der Waals surface area contributed by atoms with E-state index in [2.05, 4.69) is 0 Å². The number of carboxylic acid groups (broad SMARTS) is 2. The molecule has 0 aliphatic heterocycles. The van der Waals surface area contributed by atoms with Crippen molar-refractivity contribution in [1.82, 2.24) is 0 Å². The maximum Gasteiger partial charge on any atom is 0.306 e. The third kappa shape index (κ3) is 14.9. The molecule has 0 rings (SSSR count). The zero-order chi connectivity index (χ0) is 21.4. The normalized spacial score (nSPS) is 12.8. The molecular weight excluding hydrogens is 376 g/mol. The molecule has 0 amide bonds. The van der Waals surface area contributed by atoms with Gasteiger partial charge in [0.05, 0.1) is 52.1 Å². The van der Waals surface area contributed by atoms with E-state index in [4.69, 9.17) is 29.2 Å². The van der Waals surface area contributed by atoms with Crippen LogP contribution in [0.5, 0.6) is 0 Å². The molecule has 10 heteroatoms. The fourth-order valence-electron chi connectivity index (χ4n) is 1.93. The van der Waals surface area contributed by atoms with Gasteiger partial charge in [-0.2, -0.15) is 0 Å². The quantitative estimate of drug-likeness (QED) is 0.268. The van der Waals surface area contributed by atoms with Crippen LogP contribution < -0.4 is 0 Å². The van der Waals surface area contributed by atoms with E-state index in [1.807, 2.05) is 13.8 Å². The maximum atomic E-state index is 11.5. The van der Waals surface area contributed by atoms with Gasteiger partial charge in [0.15, 0.2) is 0 Å². The molecule has 0 heterocycles. The zero-order valence-corrected chi connectivity index (χ0v) is 16.4. The lowest BCUT2D eigenvalue weighted by molar-refractivity contribution is -0.156. The fraction of sp³-hybridized carbons (Fsp3) is 0.778. The van der Waals surface area contributed by atoms with Crippen LogP contribution in [0, 0.1) is 0 Å². The van der Waals surface area contributed by atoms with Crippen LogP contribution in [0.15, 0.2) is 0 Å². The number of hydrogen-bond donors (Lipinski definition) is 2. The molecule has 0 radical (unpaired) electrons. The Labute approximate surface area is 164 Å². The highest BCUT2D eigenvalue weighted by Gasteiger charge is 2.15. The minimum Gasteiger partial charge on any atom is -0.481 e. The summed E-state index contributed by atoms with van der Waals surface area (Å²) in [6, 6.07) is 0. The Morgan fingerprint density at radius 3 is 1.32 bits per heavy atom. The summed E-state index contributed by atoms with van der Waals surface area (Å²) in [5.74, 6) is -3.28. The second-order valence-electron chi connectivity index (χ2n) is 5.98. The lowest BCUT2D eigenvalue weighted by atomic mass is 10.3. The minimum absolute atomic E-state index is 0.167. The second-order valence-corrected chi connectivity index (χ2v) is 5.98. The first-order valence-corrected chi connectivity index (χ1v) is 9.26. The van der Waals surface area contributed by atoms with Gasteiger partial charge in [0.2, 0.25) is 0 Å². The van der Waals surface area contributed by atoms with Gasteiger partial charge in [-0.1, -0.05) is 13.8 Å². The third-order valence-corrected chi connectivity index (χ3v) is 3.57. The van der Waals surface area contributed by atoms with Crippen LogP contribution in [0.1, 0.15) is 52.4 Å². The number of carbonyl (C=O) groups is 4. The number of esters is 2. The van der Waals surface area contributed by atoms with Crippen molar-refractivity contribution in [1.29, 1.82) is 0 Å². The number of aliphatic carboxylic acids is 2. The van der Waals surface area contributed by atoms with E-state index in [9.17, 15) is 19.2 Å². The van der Waals surface area contributed by atoms with Crippen molar-refractivity contribution in [2.24, 2.45) is 0 Å². The molecular formula is C18H30O10. The number of carboxylic acids is 2. The highest BCUT2D eigenvalue weighted by molar-refractivity contribution is 5.77. The molecule has 2 unspecified atom stereocenters. The summed E-state index contributed by atoms with van der Waals surface area (Å²) in [7, 11) is 0. The van der Waals surface area contributed by atoms with Crippen LogP contribution in [0.3, 0.4) is 0 Å². The van der Waals surface area contributed by atoms with E-state index >= 15 is 0 Å². The first-order chi connectivity index (χ1) is 13.3. The van der Waals surface area contributed by atoms with Crippen LogP contribution in [-0.4, -0.2) is 72.7 Å². The highest BCUT2D eigenvalue weighted by Crippen LogP contribution is 2.05. The predicted octanol–water partition coefficient (Wildman–Crippen LogP) is 1.39. The Kier molecular flexibility index (Phi) is 14.6. The molecule has 0 bridgehead atoms. The van der Waals surface area contributed by atoms with Gasteiger partial charge in [-0.25, -0.2) is 0 Å². The maximum absolute atomic E-state index is 11.5. The van der Waals surface area contributed by atoms with E-state index in [0.717, 1.165) is 0 Å². The third-order valence-electron chi connectivity index (χ3n) is 3.57. The van der Waals surface area contributed by atoms with Gasteiger partial charge in [0.1, 0.15) is 12.2 Å². The summed E-state index contributed by atoms with van der Waals surface area (Å²) >= 11 is 0. The molecule has 2 atom stereocenters. The van der Waals surface area contributed by atoms with E-state index in [-0.39, 0.29) is 52.1 Å². The van der Waals surface area contributed by atoms with Gasteiger partial charge >= 0.3 is 23.9 Å². The molecule has 0 saturated carbocycles. The molecule has 0 aliphatic carbocycles. The van der Waals surface area contributed by atoms with Crippen molar-refractivity contribution in [2.75, 3.05) is 26.4 Å². The van der Waals surface area contributed by atoms with Crippen molar-refractivity contribution in [3.63, 3.8) is 0 Å². The van der Waals surface area contributed by atoms with Crippen LogP contribution in [-0.2, 0) is 38.1 Å². The average molecular weight is 406 g/mol. The van der Waals surface area contributed by atoms with Crippen LogP contribution >= 0.6 is 0 Å². The van der Waals surface area contributed by atoms with E-state index in [1.54, 1.807) is 0 Å². The monoisotopic (exact) mass is 406 g/mol. The standard InChI is InChI=1S/C18H30O10/c1-3-13(27-17(23)7-5-15(19)20)11-25-9-10-26-12-14(4-2)28-18(24)8-6-16(21)22/h13-14H,3-12H2,1-2H3,(H,19,20)(H,21,22). The average Bonchev–Trinajstić information content (AvgIpc) is 2.65. The van der Waals surface area contributed by atoms with Crippen molar-refractivity contribution >= 4 is 23.9 Å². The molecule has 0 spiro atoms. The van der Waals surface area contributed by atoms with E-state index < -0.39 is 36.1 Å². The smallest absolute Gasteiger partial charge is 0.306 e. The van der Waals surface area contributed by atoms with Crippen molar-refractivity contribution in [3.8, 4) is 0 Å². The van der Waals surface area contributed by atoms with Gasteiger partial charge < -0.3 is 29.2 Å². The predicted molar refractivity (Wildman–Crippen MR) is 95.7 cm³/mol. The number of ether oxygens (including phenoxy) is 4. The first kappa shape index (κ1) is 25.8. The number of carbonyl (C=O) groups excluding carboxylic acids is 2. The molecule has 0 fully saturated rings. The molecule has 0 saturated heterocycles. The number of hydrogen-bond acceptors (Lipinski definition) is 8. The SMILES string of the molecule is CCC(COCCOCC(CC)OC(=O)CCC(=O)O)OC(=O)CCC(=O)O. The number of rotatable bonds is 17. The summed E-state index contributed by atoms with van der Waals surface area (Å²) in [6.07, 6.45) is -0.766. The largest absolute Gasteiger partial charge is 0.481 e. The lowest BCUT2D eigenvalue weighted by Crippen LogP contribution is -2.26. The zero-order valence-electron chi connectivity index (χ0n) is 16.4. The Bertz CT molecular complexity index is 447. The van der Waals surface area contributed by atoms with Gasteiger partial charge in [0.25, 0.3) is 0 Å². The molecule has 2 N–H and O–H groups in total. The molecule has 0 aliphatic rings. The molecule has 0 aromatic carbocycles. The van der Waals surface area contributed by atoms with Crippen LogP contribution in [0.25, 0.3) is 0 Å². The summed E-state index contributed by atoms with van der Waals surface area (Å²) in [4.78, 5) is 43.8. The molecule has 10 nitrogen and oxygen atoms in total. The first-order valence-electron chi connectivity index (χ1n) is 9.26. The van der Waals surface area contributed by atoms with E-state index in [1.165, 1.54) is 0 Å². The summed E-state index contributed by atoms with van der Waals surface area (Å²) in [5, 5.41) is 17.1. The highest BCUT2D eigenvalue weighted by atomic mass is 16.6. The Morgan fingerprint density at radius 2 is 1.04 bits per heavy atom. The van der Waals surface area contributed by atoms with E-state index in [0.29, 0.717) is 12.8 Å².